The normalized spacial score (nSPS) is 12.4. The Morgan fingerprint density at radius 2 is 1.70 bits per heavy atom. The first-order valence-electron chi connectivity index (χ1n) is 6.21. The minimum atomic E-state index is -3.64. The van der Waals surface area contributed by atoms with Gasteiger partial charge in [-0.25, -0.2) is 8.42 Å². The number of aryl methyl sites for hydroxylation is 1. The minimum absolute atomic E-state index is 0.0155. The first-order valence-corrected chi connectivity index (χ1v) is 7.69. The van der Waals surface area contributed by atoms with Crippen molar-refractivity contribution in [2.45, 2.75) is 38.0 Å². The Balaban J connectivity index is 2.29. The van der Waals surface area contributed by atoms with Crippen LogP contribution in [0.2, 0.25) is 0 Å². The van der Waals surface area contributed by atoms with Crippen LogP contribution in [0, 0.1) is 6.92 Å². The summed E-state index contributed by atoms with van der Waals surface area (Å²) in [5.41, 5.74) is 1.56. The lowest BCUT2D eigenvalue weighted by Crippen LogP contribution is -2.15. The van der Waals surface area contributed by atoms with Crippen LogP contribution in [0.5, 0.6) is 0 Å². The summed E-state index contributed by atoms with van der Waals surface area (Å²) in [7, 11) is -3.64. The summed E-state index contributed by atoms with van der Waals surface area (Å²) in [6.45, 7) is 7.90. The molecule has 0 aliphatic rings. The van der Waals surface area contributed by atoms with Crippen LogP contribution < -0.4 is 4.72 Å². The average molecular weight is 294 g/mol. The summed E-state index contributed by atoms with van der Waals surface area (Å²) in [6.07, 6.45) is 0. The third kappa shape index (κ3) is 2.98. The zero-order chi connectivity index (χ0) is 15.0. The zero-order valence-electron chi connectivity index (χ0n) is 11.9. The molecule has 1 heterocycles. The quantitative estimate of drug-likeness (QED) is 0.908. The maximum atomic E-state index is 12.2. The number of hydrogen-bond acceptors (Lipinski definition) is 4. The fourth-order valence-corrected chi connectivity index (χ4v) is 2.76. The number of hydrogen-bond donors (Lipinski definition) is 2. The van der Waals surface area contributed by atoms with Crippen molar-refractivity contribution in [3.05, 3.63) is 35.5 Å². The van der Waals surface area contributed by atoms with Crippen molar-refractivity contribution in [1.29, 1.82) is 0 Å². The molecule has 2 rings (SSSR count). The molecule has 6 nitrogen and oxygen atoms in total. The van der Waals surface area contributed by atoms with E-state index in [2.05, 4.69) is 40.9 Å². The van der Waals surface area contributed by atoms with Gasteiger partial charge in [0.1, 0.15) is 5.69 Å². The molecule has 0 unspecified atom stereocenters. The zero-order valence-corrected chi connectivity index (χ0v) is 12.7. The molecule has 0 bridgehead atoms. The van der Waals surface area contributed by atoms with Crippen LogP contribution >= 0.6 is 0 Å². The summed E-state index contributed by atoms with van der Waals surface area (Å²) < 4.78 is 26.8. The van der Waals surface area contributed by atoms with E-state index in [-0.39, 0.29) is 16.1 Å². The van der Waals surface area contributed by atoms with Crippen molar-refractivity contribution >= 4 is 15.8 Å². The van der Waals surface area contributed by atoms with Gasteiger partial charge in [0.25, 0.3) is 10.0 Å². The molecule has 1 aromatic heterocycles. The van der Waals surface area contributed by atoms with Gasteiger partial charge >= 0.3 is 0 Å². The van der Waals surface area contributed by atoms with E-state index in [1.54, 1.807) is 19.1 Å². The number of rotatable bonds is 3. The van der Waals surface area contributed by atoms with Gasteiger partial charge in [-0.2, -0.15) is 10.3 Å². The van der Waals surface area contributed by atoms with E-state index in [1.165, 1.54) is 0 Å². The Kier molecular flexibility index (Phi) is 3.56. The second kappa shape index (κ2) is 4.90. The second-order valence-electron chi connectivity index (χ2n) is 5.64. The number of aromatic amines is 1. The molecule has 0 fully saturated rings. The highest BCUT2D eigenvalue weighted by atomic mass is 32.2. The predicted octanol–water partition coefficient (Wildman–Crippen LogP) is 2.21. The Morgan fingerprint density at radius 1 is 1.10 bits per heavy atom. The third-order valence-electron chi connectivity index (χ3n) is 2.98. The van der Waals surface area contributed by atoms with Crippen LogP contribution in [-0.4, -0.2) is 23.8 Å². The summed E-state index contributed by atoms with van der Waals surface area (Å²) in [4.78, 5) is 0.202. The van der Waals surface area contributed by atoms with Crippen LogP contribution in [0.4, 0.5) is 5.82 Å². The van der Waals surface area contributed by atoms with Crippen molar-refractivity contribution in [2.75, 3.05) is 4.72 Å². The number of nitrogens with zero attached hydrogens (tertiary/aromatic N) is 2. The van der Waals surface area contributed by atoms with Gasteiger partial charge < -0.3 is 0 Å². The fraction of sp³-hybridized carbons (Fsp3) is 0.385. The number of aromatic nitrogens is 3. The molecule has 108 valence electrons. The lowest BCUT2D eigenvalue weighted by Gasteiger charge is -2.19. The molecule has 0 saturated heterocycles. The standard InChI is InChI=1S/C13H18N4O2S/c1-9-12(15-17-14-9)16-20(18,19)11-7-5-10(6-8-11)13(2,3)4/h5-8H,1-4H3,(H2,14,15,16,17). The molecule has 0 radical (unpaired) electrons. The molecule has 0 amide bonds. The molecule has 2 aromatic rings. The molecule has 1 aromatic carbocycles. The van der Waals surface area contributed by atoms with Crippen molar-refractivity contribution in [2.24, 2.45) is 0 Å². The second-order valence-corrected chi connectivity index (χ2v) is 7.32. The molecule has 20 heavy (non-hydrogen) atoms. The van der Waals surface area contributed by atoms with Crippen molar-refractivity contribution in [3.8, 4) is 0 Å². The highest BCUT2D eigenvalue weighted by Gasteiger charge is 2.19. The SMILES string of the molecule is Cc1n[nH]nc1NS(=O)(=O)c1ccc(C(C)(C)C)cc1. The van der Waals surface area contributed by atoms with E-state index in [0.29, 0.717) is 5.69 Å². The van der Waals surface area contributed by atoms with E-state index < -0.39 is 10.0 Å². The van der Waals surface area contributed by atoms with Crippen molar-refractivity contribution < 1.29 is 8.42 Å². The molecule has 2 N–H and O–H groups in total. The molecule has 7 heteroatoms. The minimum Gasteiger partial charge on any atom is -0.260 e. The van der Waals surface area contributed by atoms with Gasteiger partial charge in [0.05, 0.1) is 4.90 Å². The third-order valence-corrected chi connectivity index (χ3v) is 4.34. The predicted molar refractivity (Wildman–Crippen MR) is 77.1 cm³/mol. The van der Waals surface area contributed by atoms with E-state index in [0.717, 1.165) is 5.56 Å². The molecule has 0 aliphatic carbocycles. The highest BCUT2D eigenvalue weighted by Crippen LogP contribution is 2.24. The maximum absolute atomic E-state index is 12.2. The Morgan fingerprint density at radius 3 is 2.15 bits per heavy atom. The van der Waals surface area contributed by atoms with Gasteiger partial charge in [-0.05, 0) is 30.0 Å². The maximum Gasteiger partial charge on any atom is 0.263 e. The van der Waals surface area contributed by atoms with Crippen LogP contribution in [0.15, 0.2) is 29.2 Å². The van der Waals surface area contributed by atoms with E-state index in [1.807, 2.05) is 12.1 Å². The molecule has 0 spiro atoms. The van der Waals surface area contributed by atoms with Gasteiger partial charge in [0, 0.05) is 0 Å². The summed E-state index contributed by atoms with van der Waals surface area (Å²) in [5.74, 6) is 0.213. The van der Waals surface area contributed by atoms with Crippen LogP contribution in [0.25, 0.3) is 0 Å². The van der Waals surface area contributed by atoms with Gasteiger partial charge in [0.15, 0.2) is 5.82 Å². The topological polar surface area (TPSA) is 87.7 Å². The van der Waals surface area contributed by atoms with Gasteiger partial charge in [-0.1, -0.05) is 32.9 Å². The lowest BCUT2D eigenvalue weighted by molar-refractivity contribution is 0.587. The summed E-state index contributed by atoms with van der Waals surface area (Å²) in [6, 6.07) is 6.84. The Bertz CT molecular complexity index is 697. The average Bonchev–Trinajstić information content (AvgIpc) is 2.73. The number of benzene rings is 1. The van der Waals surface area contributed by atoms with E-state index in [4.69, 9.17) is 0 Å². The van der Waals surface area contributed by atoms with Gasteiger partial charge in [0.2, 0.25) is 0 Å². The first kappa shape index (κ1) is 14.5. The monoisotopic (exact) mass is 294 g/mol. The van der Waals surface area contributed by atoms with Crippen LogP contribution in [-0.2, 0) is 15.4 Å². The first-order chi connectivity index (χ1) is 9.20. The van der Waals surface area contributed by atoms with Crippen LogP contribution in [0.1, 0.15) is 32.0 Å². The number of H-pyrrole nitrogens is 1. The van der Waals surface area contributed by atoms with E-state index in [9.17, 15) is 8.42 Å². The molecule has 0 saturated carbocycles. The Hall–Kier alpha value is -1.89. The fourth-order valence-electron chi connectivity index (χ4n) is 1.70. The molecule has 0 aliphatic heterocycles. The smallest absolute Gasteiger partial charge is 0.260 e. The van der Waals surface area contributed by atoms with E-state index >= 15 is 0 Å². The number of anilines is 1. The van der Waals surface area contributed by atoms with Gasteiger partial charge in [-0.3, -0.25) is 4.72 Å². The summed E-state index contributed by atoms with van der Waals surface area (Å²) >= 11 is 0. The van der Waals surface area contributed by atoms with Crippen LogP contribution in [0.3, 0.4) is 0 Å². The Labute approximate surface area is 118 Å². The lowest BCUT2D eigenvalue weighted by atomic mass is 9.87. The number of sulfonamides is 1. The summed E-state index contributed by atoms with van der Waals surface area (Å²) in [5, 5.41) is 9.91. The molecule has 0 atom stereocenters. The highest BCUT2D eigenvalue weighted by molar-refractivity contribution is 7.92. The van der Waals surface area contributed by atoms with Crippen molar-refractivity contribution in [3.63, 3.8) is 0 Å². The van der Waals surface area contributed by atoms with Gasteiger partial charge in [-0.15, -0.1) is 5.10 Å². The molecular formula is C13H18N4O2S. The molecular weight excluding hydrogens is 276 g/mol. The van der Waals surface area contributed by atoms with Crippen molar-refractivity contribution in [1.82, 2.24) is 15.4 Å². The largest absolute Gasteiger partial charge is 0.263 e. The number of nitrogens with one attached hydrogen (secondary N) is 2.